The van der Waals surface area contributed by atoms with Gasteiger partial charge in [-0.25, -0.2) is 9.18 Å². The van der Waals surface area contributed by atoms with Crippen molar-refractivity contribution >= 4 is 11.7 Å². The van der Waals surface area contributed by atoms with Gasteiger partial charge >= 0.3 is 6.03 Å². The minimum atomic E-state index is -0.677. The molecule has 0 aliphatic heterocycles. The number of amides is 2. The lowest BCUT2D eigenvalue weighted by Crippen LogP contribution is -2.38. The van der Waals surface area contributed by atoms with Crippen molar-refractivity contribution in [2.45, 2.75) is 19.9 Å². The summed E-state index contributed by atoms with van der Waals surface area (Å²) in [4.78, 5) is 13.0. The van der Waals surface area contributed by atoms with Gasteiger partial charge in [-0.3, -0.25) is 4.90 Å². The molecule has 0 radical (unpaired) electrons. The van der Waals surface area contributed by atoms with Gasteiger partial charge in [-0.1, -0.05) is 36.4 Å². The van der Waals surface area contributed by atoms with Crippen molar-refractivity contribution in [3.63, 3.8) is 0 Å². The van der Waals surface area contributed by atoms with Gasteiger partial charge in [-0.15, -0.1) is 0 Å². The highest BCUT2D eigenvalue weighted by Crippen LogP contribution is 2.29. The van der Waals surface area contributed by atoms with Gasteiger partial charge in [0.25, 0.3) is 0 Å². The van der Waals surface area contributed by atoms with Gasteiger partial charge in [0.05, 0.1) is 11.7 Å². The van der Waals surface area contributed by atoms with E-state index in [1.54, 1.807) is 19.1 Å². The Balaban J connectivity index is 2.44. The molecule has 0 bridgehead atoms. The molecule has 0 spiro atoms. The molecule has 2 amide bonds. The molecule has 20 heavy (non-hydrogen) atoms. The lowest BCUT2D eigenvalue weighted by molar-refractivity contribution is 0.252. The number of carbonyl (C=O) groups is 1. The summed E-state index contributed by atoms with van der Waals surface area (Å²) in [6.07, 6.45) is 0. The highest BCUT2D eigenvalue weighted by molar-refractivity contribution is 5.91. The summed E-state index contributed by atoms with van der Waals surface area (Å²) in [7, 11) is 0. The summed E-state index contributed by atoms with van der Waals surface area (Å²) in [5, 5.41) is 0. The molecule has 2 aromatic rings. The van der Waals surface area contributed by atoms with Crippen LogP contribution in [0.25, 0.3) is 0 Å². The Hall–Kier alpha value is -2.36. The molecule has 1 atom stereocenters. The van der Waals surface area contributed by atoms with E-state index in [1.165, 1.54) is 11.0 Å². The van der Waals surface area contributed by atoms with Gasteiger partial charge < -0.3 is 5.73 Å². The zero-order valence-electron chi connectivity index (χ0n) is 11.5. The summed E-state index contributed by atoms with van der Waals surface area (Å²) in [6, 6.07) is 13.1. The van der Waals surface area contributed by atoms with Crippen LogP contribution >= 0.6 is 0 Å². The van der Waals surface area contributed by atoms with E-state index in [9.17, 15) is 9.18 Å². The smallest absolute Gasteiger partial charge is 0.319 e. The second-order valence-electron chi connectivity index (χ2n) is 4.75. The predicted octanol–water partition coefficient (Wildman–Crippen LogP) is 3.78. The third kappa shape index (κ3) is 2.79. The molecule has 0 aliphatic rings. The monoisotopic (exact) mass is 272 g/mol. The molecule has 104 valence electrons. The first-order chi connectivity index (χ1) is 9.50. The first-order valence-electron chi connectivity index (χ1n) is 6.40. The van der Waals surface area contributed by atoms with Crippen LogP contribution in [0.5, 0.6) is 0 Å². The molecule has 0 fully saturated rings. The van der Waals surface area contributed by atoms with Crippen molar-refractivity contribution in [3.8, 4) is 0 Å². The normalized spacial score (nSPS) is 11.9. The standard InChI is InChI=1S/C16H17FN2O/c1-11-8-9-15(14(17)10-11)19(16(18)20)12(2)13-6-4-3-5-7-13/h3-10,12H,1-2H3,(H2,18,20)/t12-/m0/s1. The van der Waals surface area contributed by atoms with Crippen LogP contribution in [-0.2, 0) is 0 Å². The van der Waals surface area contributed by atoms with Crippen LogP contribution in [0.4, 0.5) is 14.9 Å². The van der Waals surface area contributed by atoms with E-state index in [1.807, 2.05) is 37.3 Å². The van der Waals surface area contributed by atoms with Crippen LogP contribution in [0.2, 0.25) is 0 Å². The Bertz CT molecular complexity index is 613. The average Bonchev–Trinajstić information content (AvgIpc) is 2.42. The summed E-state index contributed by atoms with van der Waals surface area (Å²) < 4.78 is 14.1. The number of nitrogens with two attached hydrogens (primary N) is 1. The van der Waals surface area contributed by atoms with E-state index in [-0.39, 0.29) is 11.7 Å². The third-order valence-corrected chi connectivity index (χ3v) is 3.27. The second-order valence-corrected chi connectivity index (χ2v) is 4.75. The molecule has 3 nitrogen and oxygen atoms in total. The second kappa shape index (κ2) is 5.74. The van der Waals surface area contributed by atoms with Crippen molar-refractivity contribution in [1.29, 1.82) is 0 Å². The van der Waals surface area contributed by atoms with Gasteiger partial charge in [0, 0.05) is 0 Å². The molecule has 0 heterocycles. The van der Waals surface area contributed by atoms with Crippen LogP contribution < -0.4 is 10.6 Å². The summed E-state index contributed by atoms with van der Waals surface area (Å²) in [5.41, 5.74) is 7.32. The van der Waals surface area contributed by atoms with Gasteiger partial charge in [-0.2, -0.15) is 0 Å². The fraction of sp³-hybridized carbons (Fsp3) is 0.188. The van der Waals surface area contributed by atoms with Gasteiger partial charge in [0.15, 0.2) is 0 Å². The minimum Gasteiger partial charge on any atom is -0.351 e. The van der Waals surface area contributed by atoms with Crippen LogP contribution in [0, 0.1) is 12.7 Å². The quantitative estimate of drug-likeness (QED) is 0.908. The predicted molar refractivity (Wildman–Crippen MR) is 78.1 cm³/mol. The maximum absolute atomic E-state index is 14.1. The maximum atomic E-state index is 14.1. The lowest BCUT2D eigenvalue weighted by Gasteiger charge is -2.28. The Morgan fingerprint density at radius 1 is 1.20 bits per heavy atom. The average molecular weight is 272 g/mol. The first kappa shape index (κ1) is 14.1. The summed E-state index contributed by atoms with van der Waals surface area (Å²) in [5.74, 6) is -0.452. The Labute approximate surface area is 117 Å². The molecule has 0 saturated carbocycles. The van der Waals surface area contributed by atoms with Crippen molar-refractivity contribution in [1.82, 2.24) is 0 Å². The number of anilines is 1. The van der Waals surface area contributed by atoms with Crippen molar-refractivity contribution in [3.05, 3.63) is 65.5 Å². The highest BCUT2D eigenvalue weighted by atomic mass is 19.1. The lowest BCUT2D eigenvalue weighted by atomic mass is 10.1. The Morgan fingerprint density at radius 3 is 2.40 bits per heavy atom. The SMILES string of the molecule is Cc1ccc(N(C(N)=O)[C@@H](C)c2ccccc2)c(F)c1. The topological polar surface area (TPSA) is 46.3 Å². The number of hydrogen-bond acceptors (Lipinski definition) is 1. The molecule has 0 saturated heterocycles. The zero-order valence-corrected chi connectivity index (χ0v) is 11.5. The Kier molecular flexibility index (Phi) is 4.03. The number of nitrogens with zero attached hydrogens (tertiary/aromatic N) is 1. The van der Waals surface area contributed by atoms with E-state index < -0.39 is 11.8 Å². The van der Waals surface area contributed by atoms with Crippen LogP contribution in [0.1, 0.15) is 24.1 Å². The maximum Gasteiger partial charge on any atom is 0.319 e. The van der Waals surface area contributed by atoms with Gasteiger partial charge in [-0.05, 0) is 37.1 Å². The fourth-order valence-corrected chi connectivity index (χ4v) is 2.21. The van der Waals surface area contributed by atoms with Crippen LogP contribution in [0.3, 0.4) is 0 Å². The number of rotatable bonds is 3. The van der Waals surface area contributed by atoms with E-state index in [0.29, 0.717) is 0 Å². The number of benzene rings is 2. The fourth-order valence-electron chi connectivity index (χ4n) is 2.21. The Morgan fingerprint density at radius 2 is 1.85 bits per heavy atom. The molecule has 2 rings (SSSR count). The molecule has 0 unspecified atom stereocenters. The third-order valence-electron chi connectivity index (χ3n) is 3.27. The first-order valence-corrected chi connectivity index (χ1v) is 6.40. The molecule has 4 heteroatoms. The van der Waals surface area contributed by atoms with Gasteiger partial charge in [0.2, 0.25) is 0 Å². The van der Waals surface area contributed by atoms with Crippen molar-refractivity contribution in [2.24, 2.45) is 5.73 Å². The summed E-state index contributed by atoms with van der Waals surface area (Å²) in [6.45, 7) is 3.61. The molecular weight excluding hydrogens is 255 g/mol. The van der Waals surface area contributed by atoms with Gasteiger partial charge in [0.1, 0.15) is 5.82 Å². The van der Waals surface area contributed by atoms with Crippen molar-refractivity contribution in [2.75, 3.05) is 4.90 Å². The molecule has 0 aliphatic carbocycles. The van der Waals surface area contributed by atoms with E-state index in [4.69, 9.17) is 5.73 Å². The summed E-state index contributed by atoms with van der Waals surface area (Å²) >= 11 is 0. The molecule has 2 aromatic carbocycles. The minimum absolute atomic E-state index is 0.194. The van der Waals surface area contributed by atoms with E-state index >= 15 is 0 Å². The van der Waals surface area contributed by atoms with Crippen LogP contribution in [-0.4, -0.2) is 6.03 Å². The van der Waals surface area contributed by atoms with E-state index in [0.717, 1.165) is 11.1 Å². The number of hydrogen-bond donors (Lipinski definition) is 1. The molecular formula is C16H17FN2O. The van der Waals surface area contributed by atoms with Crippen LogP contribution in [0.15, 0.2) is 48.5 Å². The number of urea groups is 1. The molecule has 2 N–H and O–H groups in total. The number of halogens is 1. The largest absolute Gasteiger partial charge is 0.351 e. The van der Waals surface area contributed by atoms with E-state index in [2.05, 4.69) is 0 Å². The number of aryl methyl sites for hydroxylation is 1. The zero-order chi connectivity index (χ0) is 14.7. The molecule has 0 aromatic heterocycles. The number of primary amides is 1. The number of carbonyl (C=O) groups excluding carboxylic acids is 1. The highest BCUT2D eigenvalue weighted by Gasteiger charge is 2.23. The van der Waals surface area contributed by atoms with Crippen molar-refractivity contribution < 1.29 is 9.18 Å².